The van der Waals surface area contributed by atoms with Gasteiger partial charge in [-0.1, -0.05) is 13.0 Å². The summed E-state index contributed by atoms with van der Waals surface area (Å²) >= 11 is 0. The molecule has 2 atom stereocenters. The van der Waals surface area contributed by atoms with Gasteiger partial charge in [-0.25, -0.2) is 0 Å². The third-order valence-electron chi connectivity index (χ3n) is 3.76. The number of carbonyl (C=O) groups is 1. The number of rotatable bonds is 3. The summed E-state index contributed by atoms with van der Waals surface area (Å²) in [6.07, 6.45) is 0. The van der Waals surface area contributed by atoms with Crippen LogP contribution >= 0.6 is 0 Å². The maximum atomic E-state index is 12.1. The van der Waals surface area contributed by atoms with Gasteiger partial charge in [-0.05, 0) is 30.2 Å². The SMILES string of the molecule is CC1CNCC1C(=O)NCc1ccc2c(c1)OCO2. The van der Waals surface area contributed by atoms with Gasteiger partial charge in [-0.15, -0.1) is 0 Å². The van der Waals surface area contributed by atoms with Crippen LogP contribution in [0.5, 0.6) is 11.5 Å². The number of ether oxygens (including phenoxy) is 2. The summed E-state index contributed by atoms with van der Waals surface area (Å²) in [5.41, 5.74) is 1.02. The maximum Gasteiger partial charge on any atom is 0.231 e. The van der Waals surface area contributed by atoms with Crippen molar-refractivity contribution in [1.29, 1.82) is 0 Å². The fourth-order valence-electron chi connectivity index (χ4n) is 2.53. The summed E-state index contributed by atoms with van der Waals surface area (Å²) in [6, 6.07) is 5.74. The Balaban J connectivity index is 1.58. The Bertz CT molecular complexity index is 490. The molecule has 5 nitrogen and oxygen atoms in total. The van der Waals surface area contributed by atoms with Crippen molar-refractivity contribution in [2.24, 2.45) is 11.8 Å². The number of nitrogens with one attached hydrogen (secondary N) is 2. The third kappa shape index (κ3) is 2.51. The first-order chi connectivity index (χ1) is 9.24. The van der Waals surface area contributed by atoms with E-state index < -0.39 is 0 Å². The van der Waals surface area contributed by atoms with Crippen LogP contribution in [0.3, 0.4) is 0 Å². The largest absolute Gasteiger partial charge is 0.454 e. The van der Waals surface area contributed by atoms with Crippen molar-refractivity contribution in [2.75, 3.05) is 19.9 Å². The van der Waals surface area contributed by atoms with Crippen molar-refractivity contribution < 1.29 is 14.3 Å². The predicted molar refractivity (Wildman–Crippen MR) is 69.9 cm³/mol. The van der Waals surface area contributed by atoms with Crippen molar-refractivity contribution in [3.05, 3.63) is 23.8 Å². The molecule has 1 aromatic carbocycles. The zero-order chi connectivity index (χ0) is 13.2. The Morgan fingerprint density at radius 2 is 2.21 bits per heavy atom. The zero-order valence-corrected chi connectivity index (χ0v) is 10.9. The van der Waals surface area contributed by atoms with Crippen molar-refractivity contribution in [2.45, 2.75) is 13.5 Å². The minimum atomic E-state index is 0.0778. The van der Waals surface area contributed by atoms with Gasteiger partial charge in [0.1, 0.15) is 0 Å². The lowest BCUT2D eigenvalue weighted by Crippen LogP contribution is -2.33. The first kappa shape index (κ1) is 12.3. The van der Waals surface area contributed by atoms with E-state index in [-0.39, 0.29) is 18.6 Å². The molecule has 0 radical (unpaired) electrons. The smallest absolute Gasteiger partial charge is 0.231 e. The topological polar surface area (TPSA) is 59.6 Å². The Labute approximate surface area is 112 Å². The van der Waals surface area contributed by atoms with E-state index in [2.05, 4.69) is 17.6 Å². The highest BCUT2D eigenvalue weighted by Gasteiger charge is 2.29. The van der Waals surface area contributed by atoms with Crippen molar-refractivity contribution in [1.82, 2.24) is 10.6 Å². The Hall–Kier alpha value is -1.75. The second-order valence-corrected chi connectivity index (χ2v) is 5.15. The Morgan fingerprint density at radius 1 is 1.37 bits per heavy atom. The van der Waals surface area contributed by atoms with Crippen LogP contribution < -0.4 is 20.1 Å². The minimum Gasteiger partial charge on any atom is -0.454 e. The first-order valence-corrected chi connectivity index (χ1v) is 6.61. The Morgan fingerprint density at radius 3 is 3.00 bits per heavy atom. The highest BCUT2D eigenvalue weighted by atomic mass is 16.7. The number of amides is 1. The van der Waals surface area contributed by atoms with Crippen LogP contribution in [0.4, 0.5) is 0 Å². The van der Waals surface area contributed by atoms with Gasteiger partial charge in [0.05, 0.1) is 5.92 Å². The van der Waals surface area contributed by atoms with Gasteiger partial charge in [-0.2, -0.15) is 0 Å². The van der Waals surface area contributed by atoms with Crippen LogP contribution in [-0.2, 0) is 11.3 Å². The van der Waals surface area contributed by atoms with Gasteiger partial charge < -0.3 is 20.1 Å². The number of hydrogen-bond donors (Lipinski definition) is 2. The molecule has 2 heterocycles. The summed E-state index contributed by atoms with van der Waals surface area (Å²) in [6.45, 7) is 4.59. The van der Waals surface area contributed by atoms with Gasteiger partial charge in [0.2, 0.25) is 12.7 Å². The molecule has 2 aliphatic heterocycles. The summed E-state index contributed by atoms with van der Waals surface area (Å²) in [5.74, 6) is 2.12. The summed E-state index contributed by atoms with van der Waals surface area (Å²) < 4.78 is 10.6. The van der Waals surface area contributed by atoms with E-state index in [1.807, 2.05) is 18.2 Å². The van der Waals surface area contributed by atoms with E-state index in [1.165, 1.54) is 0 Å². The van der Waals surface area contributed by atoms with Crippen molar-refractivity contribution in [3.63, 3.8) is 0 Å². The normalized spacial score (nSPS) is 24.5. The molecule has 0 aromatic heterocycles. The summed E-state index contributed by atoms with van der Waals surface area (Å²) in [4.78, 5) is 12.1. The van der Waals surface area contributed by atoms with Crippen molar-refractivity contribution >= 4 is 5.91 Å². The molecule has 1 aromatic rings. The molecule has 2 N–H and O–H groups in total. The van der Waals surface area contributed by atoms with Crippen molar-refractivity contribution in [3.8, 4) is 11.5 Å². The summed E-state index contributed by atoms with van der Waals surface area (Å²) in [5, 5.41) is 6.22. The molecule has 3 rings (SSSR count). The zero-order valence-electron chi connectivity index (χ0n) is 10.9. The van der Waals surface area contributed by atoms with Crippen LogP contribution in [0.25, 0.3) is 0 Å². The first-order valence-electron chi connectivity index (χ1n) is 6.61. The molecule has 0 saturated carbocycles. The molecule has 19 heavy (non-hydrogen) atoms. The van der Waals surface area contributed by atoms with Crippen LogP contribution in [0, 0.1) is 11.8 Å². The molecule has 1 saturated heterocycles. The van der Waals surface area contributed by atoms with E-state index in [9.17, 15) is 4.79 Å². The molecule has 1 fully saturated rings. The van der Waals surface area contributed by atoms with E-state index in [0.29, 0.717) is 12.5 Å². The lowest BCUT2D eigenvalue weighted by atomic mass is 9.97. The maximum absolute atomic E-state index is 12.1. The Kier molecular flexibility index (Phi) is 3.29. The fraction of sp³-hybridized carbons (Fsp3) is 0.500. The van der Waals surface area contributed by atoms with Gasteiger partial charge in [0.15, 0.2) is 11.5 Å². The van der Waals surface area contributed by atoms with Crippen LogP contribution in [-0.4, -0.2) is 25.8 Å². The van der Waals surface area contributed by atoms with E-state index in [0.717, 1.165) is 30.2 Å². The van der Waals surface area contributed by atoms with E-state index in [1.54, 1.807) is 0 Å². The van der Waals surface area contributed by atoms with Gasteiger partial charge >= 0.3 is 0 Å². The highest BCUT2D eigenvalue weighted by molar-refractivity contribution is 5.79. The molecule has 102 valence electrons. The fourth-order valence-corrected chi connectivity index (χ4v) is 2.53. The summed E-state index contributed by atoms with van der Waals surface area (Å²) in [7, 11) is 0. The average Bonchev–Trinajstić information content (AvgIpc) is 3.03. The van der Waals surface area contributed by atoms with Crippen LogP contribution in [0.15, 0.2) is 18.2 Å². The number of carbonyl (C=O) groups excluding carboxylic acids is 1. The molecule has 5 heteroatoms. The highest BCUT2D eigenvalue weighted by Crippen LogP contribution is 2.32. The lowest BCUT2D eigenvalue weighted by molar-refractivity contribution is -0.125. The minimum absolute atomic E-state index is 0.0778. The number of benzene rings is 1. The van der Waals surface area contributed by atoms with Crippen LogP contribution in [0.2, 0.25) is 0 Å². The van der Waals surface area contributed by atoms with Gasteiger partial charge in [0.25, 0.3) is 0 Å². The standard InChI is InChI=1S/C14H18N2O3/c1-9-5-15-7-11(9)14(17)16-6-10-2-3-12-13(4-10)19-8-18-12/h2-4,9,11,15H,5-8H2,1H3,(H,16,17). The quantitative estimate of drug-likeness (QED) is 0.849. The number of hydrogen-bond acceptors (Lipinski definition) is 4. The lowest BCUT2D eigenvalue weighted by Gasteiger charge is -2.14. The molecule has 0 spiro atoms. The van der Waals surface area contributed by atoms with E-state index >= 15 is 0 Å². The average molecular weight is 262 g/mol. The predicted octanol–water partition coefficient (Wildman–Crippen LogP) is 0.887. The van der Waals surface area contributed by atoms with Crippen LogP contribution in [0.1, 0.15) is 12.5 Å². The second-order valence-electron chi connectivity index (χ2n) is 5.15. The molecular weight excluding hydrogens is 244 g/mol. The molecule has 1 amide bonds. The molecular formula is C14H18N2O3. The second kappa shape index (κ2) is 5.09. The van der Waals surface area contributed by atoms with Gasteiger partial charge in [0, 0.05) is 13.1 Å². The number of fused-ring (bicyclic) bond motifs is 1. The molecule has 2 aliphatic rings. The molecule has 0 aliphatic carbocycles. The third-order valence-corrected chi connectivity index (χ3v) is 3.76. The van der Waals surface area contributed by atoms with E-state index in [4.69, 9.17) is 9.47 Å². The van der Waals surface area contributed by atoms with Gasteiger partial charge in [-0.3, -0.25) is 4.79 Å². The monoisotopic (exact) mass is 262 g/mol. The molecule has 0 bridgehead atoms. The molecule has 2 unspecified atom stereocenters.